The lowest BCUT2D eigenvalue weighted by Crippen LogP contribution is -2.35. The number of pyridine rings is 1. The van der Waals surface area contributed by atoms with Crippen LogP contribution in [-0.2, 0) is 25.0 Å². The van der Waals surface area contributed by atoms with E-state index in [1.807, 2.05) is 0 Å². The number of hydrogen-bond acceptors (Lipinski definition) is 6. The first-order chi connectivity index (χ1) is 17.3. The normalized spacial score (nSPS) is 18.4. The smallest absolute Gasteiger partial charge is 0.408 e. The van der Waals surface area contributed by atoms with Gasteiger partial charge in [0, 0.05) is 28.9 Å². The number of nitrogens with zero attached hydrogens (tertiary/aromatic N) is 1. The average molecular weight is 518 g/mol. The molecule has 3 rings (SSSR count). The van der Waals surface area contributed by atoms with Gasteiger partial charge in [-0.15, -0.1) is 0 Å². The molecule has 0 fully saturated rings. The van der Waals surface area contributed by atoms with Crippen molar-refractivity contribution >= 4 is 23.7 Å². The van der Waals surface area contributed by atoms with Crippen LogP contribution < -0.4 is 10.6 Å². The fraction of sp³-hybridized carbons (Fsp3) is 0.481. The third-order valence-electron chi connectivity index (χ3n) is 5.89. The molecule has 2 heterocycles. The fourth-order valence-electron chi connectivity index (χ4n) is 4.00. The number of halogens is 2. The molecule has 0 unspecified atom stereocenters. The van der Waals surface area contributed by atoms with Gasteiger partial charge < -0.3 is 20.1 Å². The van der Waals surface area contributed by atoms with E-state index in [0.717, 1.165) is 12.1 Å². The van der Waals surface area contributed by atoms with Crippen molar-refractivity contribution in [1.82, 2.24) is 10.3 Å². The number of hydrogen-bond donors (Lipinski definition) is 2. The van der Waals surface area contributed by atoms with E-state index >= 15 is 0 Å². The van der Waals surface area contributed by atoms with E-state index < -0.39 is 41.1 Å². The van der Waals surface area contributed by atoms with Crippen LogP contribution in [0.5, 0.6) is 0 Å². The lowest BCUT2D eigenvalue weighted by Gasteiger charge is -2.25. The number of fused-ring (bicyclic) bond motifs is 4. The summed E-state index contributed by atoms with van der Waals surface area (Å²) in [6.45, 7) is 8.30. The molecule has 0 radical (unpaired) electrons. The summed E-state index contributed by atoms with van der Waals surface area (Å²) in [5, 5.41) is 5.62. The minimum absolute atomic E-state index is 0.132. The van der Waals surface area contributed by atoms with E-state index in [-0.39, 0.29) is 18.2 Å². The van der Waals surface area contributed by atoms with Crippen molar-refractivity contribution in [3.8, 4) is 11.1 Å². The van der Waals surface area contributed by atoms with Gasteiger partial charge in [-0.25, -0.2) is 9.59 Å². The molecule has 0 aliphatic carbocycles. The van der Waals surface area contributed by atoms with Crippen LogP contribution in [-0.4, -0.2) is 35.2 Å². The highest BCUT2D eigenvalue weighted by molar-refractivity contribution is 5.97. The predicted molar refractivity (Wildman–Crippen MR) is 134 cm³/mol. The zero-order valence-electron chi connectivity index (χ0n) is 21.7. The van der Waals surface area contributed by atoms with Crippen molar-refractivity contribution in [2.24, 2.45) is 5.92 Å². The second kappa shape index (κ2) is 11.2. The maximum absolute atomic E-state index is 14.8. The molecular formula is C27H33F2N3O5. The monoisotopic (exact) mass is 517 g/mol. The van der Waals surface area contributed by atoms with Gasteiger partial charge in [0.1, 0.15) is 5.60 Å². The Hall–Kier alpha value is -3.56. The van der Waals surface area contributed by atoms with Gasteiger partial charge in [-0.1, -0.05) is 25.5 Å². The summed E-state index contributed by atoms with van der Waals surface area (Å²) in [5.74, 6) is -6.33. The lowest BCUT2D eigenvalue weighted by molar-refractivity contribution is -0.173. The SMILES string of the molecule is CCOC(=O)C(F)(F)c1ccc2c(c1)NC(=O)[C@H](C)CCC[C@H](NC(=O)OC(C)(C)C)c1cc-2ccn1. The molecule has 37 heavy (non-hydrogen) atoms. The molecule has 1 aromatic heterocycles. The summed E-state index contributed by atoms with van der Waals surface area (Å²) in [5.41, 5.74) is 0.477. The number of rotatable bonds is 4. The van der Waals surface area contributed by atoms with Crippen LogP contribution in [0.2, 0.25) is 0 Å². The van der Waals surface area contributed by atoms with E-state index in [4.69, 9.17) is 4.74 Å². The molecule has 0 saturated heterocycles. The summed E-state index contributed by atoms with van der Waals surface area (Å²) in [4.78, 5) is 41.8. The molecule has 2 N–H and O–H groups in total. The molecular weight excluding hydrogens is 484 g/mol. The molecule has 2 atom stereocenters. The van der Waals surface area contributed by atoms with E-state index in [1.54, 1.807) is 46.0 Å². The minimum atomic E-state index is -3.89. The summed E-state index contributed by atoms with van der Waals surface area (Å²) in [6, 6.07) is 6.58. The third-order valence-corrected chi connectivity index (χ3v) is 5.89. The Kier molecular flexibility index (Phi) is 8.50. The zero-order chi connectivity index (χ0) is 27.4. The number of nitrogens with one attached hydrogen (secondary N) is 2. The molecule has 2 amide bonds. The zero-order valence-corrected chi connectivity index (χ0v) is 21.7. The van der Waals surface area contributed by atoms with Crippen LogP contribution in [0, 0.1) is 5.92 Å². The van der Waals surface area contributed by atoms with Gasteiger partial charge >= 0.3 is 18.0 Å². The number of alkyl carbamates (subject to hydrolysis) is 1. The standard InChI is InChI=1S/C27H33F2N3O5/c1-6-36-24(34)27(28,29)18-10-11-19-17-12-13-30-22(14-17)20(32-25(35)37-26(3,4)5)9-7-8-16(2)23(33)31-21(19)15-18/h10-16,20H,6-9H2,1-5H3,(H,31,33)(H,32,35)/t16-,20+/m1/s1. The number of carbonyl (C=O) groups is 3. The van der Waals surface area contributed by atoms with Crippen LogP contribution in [0.25, 0.3) is 11.1 Å². The fourth-order valence-corrected chi connectivity index (χ4v) is 4.00. The van der Waals surface area contributed by atoms with E-state index in [2.05, 4.69) is 20.4 Å². The average Bonchev–Trinajstić information content (AvgIpc) is 2.81. The largest absolute Gasteiger partial charge is 0.461 e. The van der Waals surface area contributed by atoms with E-state index in [9.17, 15) is 23.2 Å². The molecule has 2 bridgehead atoms. The summed E-state index contributed by atoms with van der Waals surface area (Å²) < 4.78 is 39.5. The van der Waals surface area contributed by atoms with Gasteiger partial charge in [0.25, 0.3) is 0 Å². The van der Waals surface area contributed by atoms with Crippen LogP contribution in [0.1, 0.15) is 71.2 Å². The van der Waals surface area contributed by atoms with Gasteiger partial charge in [-0.05, 0) is 64.3 Å². The number of aromatic nitrogens is 1. The van der Waals surface area contributed by atoms with Gasteiger partial charge in [0.15, 0.2) is 0 Å². The van der Waals surface area contributed by atoms with Gasteiger partial charge in [-0.2, -0.15) is 8.78 Å². The second-order valence-corrected chi connectivity index (χ2v) is 10.0. The first-order valence-corrected chi connectivity index (χ1v) is 12.3. The number of anilines is 1. The van der Waals surface area contributed by atoms with Crippen molar-refractivity contribution < 1.29 is 32.6 Å². The Bertz CT molecular complexity index is 1160. The third kappa shape index (κ3) is 7.02. The molecule has 8 nitrogen and oxygen atoms in total. The van der Waals surface area contributed by atoms with Crippen molar-refractivity contribution in [2.45, 2.75) is 71.4 Å². The van der Waals surface area contributed by atoms with Crippen molar-refractivity contribution in [3.63, 3.8) is 0 Å². The molecule has 1 aromatic carbocycles. The first kappa shape index (κ1) is 28.0. The molecule has 0 saturated carbocycles. The Balaban J connectivity index is 2.06. The van der Waals surface area contributed by atoms with Gasteiger partial charge in [0.2, 0.25) is 5.91 Å². The Morgan fingerprint density at radius 2 is 1.89 bits per heavy atom. The van der Waals surface area contributed by atoms with Crippen molar-refractivity contribution in [1.29, 1.82) is 0 Å². The van der Waals surface area contributed by atoms with Gasteiger partial charge in [-0.3, -0.25) is 9.78 Å². The maximum Gasteiger partial charge on any atom is 0.408 e. The van der Waals surface area contributed by atoms with Crippen LogP contribution in [0.15, 0.2) is 36.5 Å². The number of esters is 1. The lowest BCUT2D eigenvalue weighted by atomic mass is 9.94. The Morgan fingerprint density at radius 3 is 2.57 bits per heavy atom. The number of carbonyl (C=O) groups excluding carboxylic acids is 3. The van der Waals surface area contributed by atoms with E-state index in [0.29, 0.717) is 36.1 Å². The van der Waals surface area contributed by atoms with Crippen LogP contribution in [0.4, 0.5) is 19.3 Å². The highest BCUT2D eigenvalue weighted by Crippen LogP contribution is 2.37. The highest BCUT2D eigenvalue weighted by Gasteiger charge is 2.43. The number of alkyl halides is 2. The van der Waals surface area contributed by atoms with Crippen molar-refractivity contribution in [2.75, 3.05) is 11.9 Å². The summed E-state index contributed by atoms with van der Waals surface area (Å²) in [7, 11) is 0. The van der Waals surface area contributed by atoms with Crippen molar-refractivity contribution in [3.05, 3.63) is 47.8 Å². The molecule has 10 heteroatoms. The number of ether oxygens (including phenoxy) is 2. The minimum Gasteiger partial charge on any atom is -0.461 e. The quantitative estimate of drug-likeness (QED) is 0.502. The second-order valence-electron chi connectivity index (χ2n) is 10.0. The summed E-state index contributed by atoms with van der Waals surface area (Å²) in [6.07, 6.45) is 2.56. The summed E-state index contributed by atoms with van der Waals surface area (Å²) >= 11 is 0. The number of amides is 2. The van der Waals surface area contributed by atoms with Crippen LogP contribution >= 0.6 is 0 Å². The molecule has 1 aliphatic rings. The maximum atomic E-state index is 14.8. The number of benzene rings is 1. The highest BCUT2D eigenvalue weighted by atomic mass is 19.3. The predicted octanol–water partition coefficient (Wildman–Crippen LogP) is 5.73. The van der Waals surface area contributed by atoms with Gasteiger partial charge in [0.05, 0.1) is 18.3 Å². The topological polar surface area (TPSA) is 107 Å². The van der Waals surface area contributed by atoms with E-state index in [1.165, 1.54) is 13.0 Å². The Labute approximate surface area is 215 Å². The Morgan fingerprint density at radius 1 is 1.16 bits per heavy atom. The first-order valence-electron chi connectivity index (χ1n) is 12.3. The van der Waals surface area contributed by atoms with Crippen LogP contribution in [0.3, 0.4) is 0 Å². The molecule has 0 spiro atoms. The molecule has 2 aromatic rings. The molecule has 1 aliphatic heterocycles. The molecule has 200 valence electrons.